The summed E-state index contributed by atoms with van der Waals surface area (Å²) >= 11 is 0. The van der Waals surface area contributed by atoms with Crippen LogP contribution in [-0.4, -0.2) is 27.0 Å². The monoisotopic (exact) mass is 400 g/mol. The fraction of sp³-hybridized carbons (Fsp3) is 0.238. The summed E-state index contributed by atoms with van der Waals surface area (Å²) in [5.74, 6) is -1.28. The van der Waals surface area contributed by atoms with Crippen molar-refractivity contribution < 1.29 is 27.5 Å². The van der Waals surface area contributed by atoms with Gasteiger partial charge in [0.25, 0.3) is 0 Å². The lowest BCUT2D eigenvalue weighted by Gasteiger charge is -2.10. The highest BCUT2D eigenvalue weighted by molar-refractivity contribution is 8.02. The number of Topliss-reactive ketones (excluding diaryl/α,β-unsaturated/α-hetero) is 1. The molecule has 0 saturated heterocycles. The number of carbonyl (C=O) groups excluding carboxylic acids is 2. The molecule has 0 aliphatic carbocycles. The van der Waals surface area contributed by atoms with Gasteiger partial charge in [-0.15, -0.1) is 0 Å². The summed E-state index contributed by atoms with van der Waals surface area (Å²) in [6.45, 7) is 2.06. The number of hydrogen-bond donors (Lipinski definition) is 0. The second-order valence-corrected chi connectivity index (χ2v) is 8.25. The Morgan fingerprint density at radius 2 is 1.61 bits per heavy atom. The SMILES string of the molecule is CCCCOC(=O)OC1=C(c2ccccc2)S(=O)(=O)C(c2ccccc2)C1=O. The van der Waals surface area contributed by atoms with Crippen LogP contribution in [-0.2, 0) is 24.1 Å². The molecule has 0 spiro atoms. The van der Waals surface area contributed by atoms with Gasteiger partial charge in [0.05, 0.1) is 6.61 Å². The van der Waals surface area contributed by atoms with Crippen LogP contribution < -0.4 is 0 Å². The molecule has 0 aromatic heterocycles. The smallest absolute Gasteiger partial charge is 0.434 e. The molecule has 28 heavy (non-hydrogen) atoms. The molecule has 3 rings (SSSR count). The molecule has 0 N–H and O–H groups in total. The molecule has 0 saturated carbocycles. The molecule has 0 radical (unpaired) electrons. The minimum atomic E-state index is -4.11. The normalized spacial score (nSPS) is 18.2. The molecule has 2 aromatic rings. The van der Waals surface area contributed by atoms with Crippen molar-refractivity contribution in [2.45, 2.75) is 25.0 Å². The van der Waals surface area contributed by atoms with Crippen molar-refractivity contribution >= 4 is 26.7 Å². The number of allylic oxidation sites excluding steroid dienone is 1. The molecule has 2 aromatic carbocycles. The van der Waals surface area contributed by atoms with Gasteiger partial charge in [0.2, 0.25) is 5.78 Å². The first-order chi connectivity index (χ1) is 13.5. The molecule has 1 unspecified atom stereocenters. The highest BCUT2D eigenvalue weighted by Gasteiger charge is 2.50. The van der Waals surface area contributed by atoms with Crippen LogP contribution in [0.1, 0.15) is 36.1 Å². The quantitative estimate of drug-likeness (QED) is 0.537. The maximum absolute atomic E-state index is 13.2. The van der Waals surface area contributed by atoms with Crippen molar-refractivity contribution in [3.63, 3.8) is 0 Å². The van der Waals surface area contributed by atoms with Crippen molar-refractivity contribution in [3.8, 4) is 0 Å². The lowest BCUT2D eigenvalue weighted by Crippen LogP contribution is -2.17. The summed E-state index contributed by atoms with van der Waals surface area (Å²) in [5, 5.41) is -1.46. The zero-order valence-corrected chi connectivity index (χ0v) is 16.1. The van der Waals surface area contributed by atoms with Crippen LogP contribution in [0.2, 0.25) is 0 Å². The van der Waals surface area contributed by atoms with Gasteiger partial charge >= 0.3 is 6.16 Å². The average molecular weight is 400 g/mol. The molecule has 6 nitrogen and oxygen atoms in total. The van der Waals surface area contributed by atoms with Gasteiger partial charge in [-0.25, -0.2) is 13.2 Å². The van der Waals surface area contributed by atoms with Gasteiger partial charge in [-0.1, -0.05) is 74.0 Å². The van der Waals surface area contributed by atoms with Crippen molar-refractivity contribution in [1.29, 1.82) is 0 Å². The van der Waals surface area contributed by atoms with E-state index in [1.165, 1.54) is 0 Å². The maximum Gasteiger partial charge on any atom is 0.514 e. The number of unbranched alkanes of at least 4 members (excludes halogenated alkanes) is 1. The summed E-state index contributed by atoms with van der Waals surface area (Å²) in [6, 6.07) is 16.3. The first-order valence-electron chi connectivity index (χ1n) is 8.94. The summed E-state index contributed by atoms with van der Waals surface area (Å²) in [7, 11) is -4.11. The van der Waals surface area contributed by atoms with Crippen LogP contribution in [0.5, 0.6) is 0 Å². The molecular formula is C21H20O6S. The van der Waals surface area contributed by atoms with E-state index >= 15 is 0 Å². The fourth-order valence-corrected chi connectivity index (χ4v) is 4.98. The molecule has 146 valence electrons. The van der Waals surface area contributed by atoms with E-state index in [1.807, 2.05) is 6.92 Å². The summed E-state index contributed by atoms with van der Waals surface area (Å²) < 4.78 is 36.5. The van der Waals surface area contributed by atoms with Gasteiger partial charge in [-0.05, 0) is 17.5 Å². The Kier molecular flexibility index (Phi) is 5.94. The number of rotatable bonds is 6. The van der Waals surface area contributed by atoms with Gasteiger partial charge in [0.15, 0.2) is 20.8 Å². The minimum Gasteiger partial charge on any atom is -0.434 e. The minimum absolute atomic E-state index is 0.131. The van der Waals surface area contributed by atoms with E-state index < -0.39 is 32.8 Å². The molecule has 0 fully saturated rings. The van der Waals surface area contributed by atoms with E-state index in [9.17, 15) is 18.0 Å². The van der Waals surface area contributed by atoms with Crippen LogP contribution >= 0.6 is 0 Å². The summed E-state index contributed by atoms with van der Waals surface area (Å²) in [5.41, 5.74) is 0.601. The van der Waals surface area contributed by atoms with E-state index in [-0.39, 0.29) is 17.1 Å². The lowest BCUT2D eigenvalue weighted by atomic mass is 10.1. The van der Waals surface area contributed by atoms with Gasteiger partial charge in [-0.2, -0.15) is 0 Å². The Hall–Kier alpha value is -2.93. The molecular weight excluding hydrogens is 380 g/mol. The maximum atomic E-state index is 13.2. The van der Waals surface area contributed by atoms with E-state index in [1.54, 1.807) is 60.7 Å². The van der Waals surface area contributed by atoms with E-state index in [4.69, 9.17) is 9.47 Å². The second kappa shape index (κ2) is 8.39. The Labute approximate surface area is 163 Å². The third kappa shape index (κ3) is 3.84. The third-order valence-electron chi connectivity index (χ3n) is 4.30. The van der Waals surface area contributed by atoms with Crippen LogP contribution in [0.3, 0.4) is 0 Å². The van der Waals surface area contributed by atoms with Crippen LogP contribution in [0.15, 0.2) is 66.4 Å². The van der Waals surface area contributed by atoms with E-state index in [0.29, 0.717) is 12.0 Å². The first-order valence-corrected chi connectivity index (χ1v) is 10.5. The van der Waals surface area contributed by atoms with Gasteiger partial charge in [-0.3, -0.25) is 4.79 Å². The van der Waals surface area contributed by atoms with Crippen molar-refractivity contribution in [1.82, 2.24) is 0 Å². The highest BCUT2D eigenvalue weighted by Crippen LogP contribution is 2.44. The second-order valence-electron chi connectivity index (χ2n) is 6.28. The van der Waals surface area contributed by atoms with Gasteiger partial charge < -0.3 is 9.47 Å². The molecule has 0 amide bonds. The van der Waals surface area contributed by atoms with Crippen molar-refractivity contribution in [2.24, 2.45) is 0 Å². The lowest BCUT2D eigenvalue weighted by molar-refractivity contribution is -0.117. The van der Waals surface area contributed by atoms with E-state index in [0.717, 1.165) is 6.42 Å². The first kappa shape index (κ1) is 19.8. The average Bonchev–Trinajstić information content (AvgIpc) is 2.88. The third-order valence-corrected chi connectivity index (χ3v) is 6.40. The van der Waals surface area contributed by atoms with Crippen molar-refractivity contribution in [3.05, 3.63) is 77.5 Å². The Balaban J connectivity index is 2.05. The molecule has 1 aliphatic rings. The number of sulfone groups is 1. The number of ketones is 1. The summed E-state index contributed by atoms with van der Waals surface area (Å²) in [4.78, 5) is 24.7. The predicted molar refractivity (Wildman–Crippen MR) is 104 cm³/mol. The summed E-state index contributed by atoms with van der Waals surface area (Å²) in [6.07, 6.45) is 0.363. The number of hydrogen-bond acceptors (Lipinski definition) is 6. The van der Waals surface area contributed by atoms with Gasteiger partial charge in [0.1, 0.15) is 4.91 Å². The number of carbonyl (C=O) groups is 2. The Bertz CT molecular complexity index is 994. The number of ether oxygens (including phenoxy) is 2. The Morgan fingerprint density at radius 3 is 2.21 bits per heavy atom. The number of benzene rings is 2. The fourth-order valence-electron chi connectivity index (χ4n) is 2.97. The van der Waals surface area contributed by atoms with Gasteiger partial charge in [0, 0.05) is 0 Å². The van der Waals surface area contributed by atoms with Crippen molar-refractivity contribution in [2.75, 3.05) is 6.61 Å². The van der Waals surface area contributed by atoms with Crippen LogP contribution in [0.4, 0.5) is 4.79 Å². The van der Waals surface area contributed by atoms with E-state index in [2.05, 4.69) is 0 Å². The molecule has 0 bridgehead atoms. The molecule has 1 aliphatic heterocycles. The topological polar surface area (TPSA) is 86.7 Å². The highest BCUT2D eigenvalue weighted by atomic mass is 32.2. The van der Waals surface area contributed by atoms with Crippen LogP contribution in [0.25, 0.3) is 4.91 Å². The molecule has 1 atom stereocenters. The zero-order chi connectivity index (χ0) is 20.1. The molecule has 1 heterocycles. The Morgan fingerprint density at radius 1 is 1.00 bits per heavy atom. The standard InChI is InChI=1S/C21H20O6S/c1-2-3-14-26-21(23)27-18-17(22)19(15-10-6-4-7-11-15)28(24,25)20(18)16-12-8-5-9-13-16/h4-13,19H,2-3,14H2,1H3. The zero-order valence-electron chi connectivity index (χ0n) is 15.3. The van der Waals surface area contributed by atoms with Crippen LogP contribution in [0, 0.1) is 0 Å². The predicted octanol–water partition coefficient (Wildman–Crippen LogP) is 4.05. The molecule has 7 heteroatoms. The largest absolute Gasteiger partial charge is 0.514 e.